The number of alkyl halides is 8. The molecule has 3 aromatic carbocycles. The number of nitrogens with zero attached hydrogens (tertiary/aromatic N) is 1. The van der Waals surface area contributed by atoms with Crippen LogP contribution in [0.1, 0.15) is 5.56 Å². The fourth-order valence-electron chi connectivity index (χ4n) is 3.07. The molecule has 1 atom stereocenters. The summed E-state index contributed by atoms with van der Waals surface area (Å²) in [5.41, 5.74) is -0.573. The van der Waals surface area contributed by atoms with E-state index in [-0.39, 0.29) is 5.69 Å². The first-order valence-electron chi connectivity index (χ1n) is 10.5. The van der Waals surface area contributed by atoms with Crippen LogP contribution >= 0.6 is 0 Å². The second kappa shape index (κ2) is 10.7. The lowest BCUT2D eigenvalue weighted by molar-refractivity contribution is -0.289. The van der Waals surface area contributed by atoms with E-state index in [4.69, 9.17) is 9.57 Å². The van der Waals surface area contributed by atoms with Crippen LogP contribution < -0.4 is 20.0 Å². The van der Waals surface area contributed by atoms with E-state index in [9.17, 15) is 40.2 Å². The zero-order valence-electron chi connectivity index (χ0n) is 18.9. The molecule has 5 nitrogen and oxygen atoms in total. The third-order valence-electron chi connectivity index (χ3n) is 5.00. The molecule has 0 aliphatic heterocycles. The van der Waals surface area contributed by atoms with Gasteiger partial charge in [0.25, 0.3) is 0 Å². The van der Waals surface area contributed by atoms with Gasteiger partial charge in [0, 0.05) is 16.9 Å². The minimum Gasteiger partial charge on any atom is -0.497 e. The third kappa shape index (κ3) is 6.94. The van der Waals surface area contributed by atoms with Gasteiger partial charge in [-0.05, 0) is 54.6 Å². The highest BCUT2D eigenvalue weighted by Crippen LogP contribution is 2.44. The molecule has 200 valence electrons. The Kier molecular flexibility index (Phi) is 8.06. The maximum absolute atomic E-state index is 13.8. The first-order valence-corrected chi connectivity index (χ1v) is 10.5. The van der Waals surface area contributed by atoms with E-state index in [1.54, 1.807) is 30.3 Å². The second-order valence-corrected chi connectivity index (χ2v) is 7.71. The summed E-state index contributed by atoms with van der Waals surface area (Å²) in [5.74, 6) is -5.26. The van der Waals surface area contributed by atoms with Crippen LogP contribution in [-0.2, 0) is 5.92 Å². The van der Waals surface area contributed by atoms with E-state index in [1.807, 2.05) is 0 Å². The molecular formula is C24H20F8N2O3. The van der Waals surface area contributed by atoms with Gasteiger partial charge < -0.3 is 20.0 Å². The van der Waals surface area contributed by atoms with Crippen LogP contribution in [0.3, 0.4) is 0 Å². The summed E-state index contributed by atoms with van der Waals surface area (Å²) in [6.45, 7) is -1.21. The van der Waals surface area contributed by atoms with E-state index >= 15 is 0 Å². The highest BCUT2D eigenvalue weighted by molar-refractivity contribution is 5.65. The normalized spacial score (nSPS) is 13.1. The standard InChI is InChI=1S/C24H20F8N2O3/c1-36-19-10-8-16(9-11-19)33-17-5-3-6-18(13-17)34(14-21(35)23(27,28)29)37-20-7-2-4-15(12-20)22(25,26)24(30,31)32/h2-13,21,33,35H,14H2,1H3/t21-/m0/s1. The average molecular weight is 536 g/mol. The molecule has 0 spiro atoms. The van der Waals surface area contributed by atoms with Gasteiger partial charge in [-0.2, -0.15) is 35.1 Å². The smallest absolute Gasteiger partial charge is 0.458 e. The quantitative estimate of drug-likeness (QED) is 0.232. The number of halogens is 8. The second-order valence-electron chi connectivity index (χ2n) is 7.71. The maximum atomic E-state index is 13.8. The number of rotatable bonds is 9. The van der Waals surface area contributed by atoms with Crippen LogP contribution in [-0.4, -0.2) is 37.2 Å². The SMILES string of the molecule is COc1ccc(Nc2cccc(N(C[C@H](O)C(F)(F)F)Oc3cccc(C(F)(F)C(F)(F)F)c3)c2)cc1. The van der Waals surface area contributed by atoms with Crippen molar-refractivity contribution in [3.63, 3.8) is 0 Å². The highest BCUT2D eigenvalue weighted by atomic mass is 19.4. The Labute approximate surface area is 205 Å². The van der Waals surface area contributed by atoms with Crippen molar-refractivity contribution in [2.24, 2.45) is 0 Å². The Bertz CT molecular complexity index is 1180. The van der Waals surface area contributed by atoms with Crippen molar-refractivity contribution in [1.82, 2.24) is 0 Å². The van der Waals surface area contributed by atoms with Crippen molar-refractivity contribution in [1.29, 1.82) is 0 Å². The number of aliphatic hydroxyl groups excluding tert-OH is 1. The number of hydroxylamine groups is 1. The molecule has 0 aromatic heterocycles. The number of benzene rings is 3. The summed E-state index contributed by atoms with van der Waals surface area (Å²) in [6, 6.07) is 15.0. The predicted octanol–water partition coefficient (Wildman–Crippen LogP) is 6.82. The largest absolute Gasteiger partial charge is 0.497 e. The molecule has 0 fully saturated rings. The number of nitrogens with one attached hydrogen (secondary N) is 1. The topological polar surface area (TPSA) is 54.0 Å². The van der Waals surface area contributed by atoms with Crippen molar-refractivity contribution >= 4 is 17.1 Å². The third-order valence-corrected chi connectivity index (χ3v) is 5.00. The number of anilines is 3. The molecule has 0 heterocycles. The van der Waals surface area contributed by atoms with E-state index in [2.05, 4.69) is 5.32 Å². The summed E-state index contributed by atoms with van der Waals surface area (Å²) in [4.78, 5) is 5.28. The first-order chi connectivity index (χ1) is 17.2. The van der Waals surface area contributed by atoms with Crippen molar-refractivity contribution in [2.75, 3.05) is 24.0 Å². The van der Waals surface area contributed by atoms with Crippen LogP contribution in [0.15, 0.2) is 72.8 Å². The molecule has 37 heavy (non-hydrogen) atoms. The first kappa shape index (κ1) is 27.8. The molecule has 0 aliphatic rings. The van der Waals surface area contributed by atoms with Crippen LogP contribution in [0.2, 0.25) is 0 Å². The minimum absolute atomic E-state index is 0.0604. The number of hydrogen-bond donors (Lipinski definition) is 2. The number of aliphatic hydroxyl groups is 1. The van der Waals surface area contributed by atoms with Crippen molar-refractivity contribution in [3.8, 4) is 11.5 Å². The average Bonchev–Trinajstić information content (AvgIpc) is 2.83. The summed E-state index contributed by atoms with van der Waals surface area (Å²) < 4.78 is 110. The fourth-order valence-corrected chi connectivity index (χ4v) is 3.07. The van der Waals surface area contributed by atoms with Gasteiger partial charge in [0.15, 0.2) is 11.9 Å². The Morgan fingerprint density at radius 2 is 1.46 bits per heavy atom. The molecule has 2 N–H and O–H groups in total. The fraction of sp³-hybridized carbons (Fsp3) is 0.250. The number of ether oxygens (including phenoxy) is 1. The predicted molar refractivity (Wildman–Crippen MR) is 119 cm³/mol. The Morgan fingerprint density at radius 1 is 0.811 bits per heavy atom. The molecule has 0 amide bonds. The maximum Gasteiger partial charge on any atom is 0.458 e. The molecule has 0 saturated heterocycles. The van der Waals surface area contributed by atoms with Crippen LogP contribution in [0.25, 0.3) is 0 Å². The molecule has 0 aliphatic carbocycles. The zero-order chi connectivity index (χ0) is 27.4. The summed E-state index contributed by atoms with van der Waals surface area (Å²) in [6.07, 6.45) is -13.9. The Morgan fingerprint density at radius 3 is 2.05 bits per heavy atom. The monoisotopic (exact) mass is 536 g/mol. The van der Waals surface area contributed by atoms with Crippen molar-refractivity contribution in [3.05, 3.63) is 78.4 Å². The molecular weight excluding hydrogens is 516 g/mol. The molecule has 0 bridgehead atoms. The zero-order valence-corrected chi connectivity index (χ0v) is 18.9. The van der Waals surface area contributed by atoms with Gasteiger partial charge in [0.2, 0.25) is 0 Å². The van der Waals surface area contributed by atoms with E-state index < -0.39 is 42.2 Å². The van der Waals surface area contributed by atoms with E-state index in [1.165, 1.54) is 25.3 Å². The highest BCUT2D eigenvalue weighted by Gasteiger charge is 2.58. The lowest BCUT2D eigenvalue weighted by Crippen LogP contribution is -2.42. The molecule has 0 saturated carbocycles. The van der Waals surface area contributed by atoms with Gasteiger partial charge in [-0.15, -0.1) is 0 Å². The van der Waals surface area contributed by atoms with E-state index in [0.29, 0.717) is 34.3 Å². The van der Waals surface area contributed by atoms with Gasteiger partial charge >= 0.3 is 18.3 Å². The number of methoxy groups -OCH3 is 1. The van der Waals surface area contributed by atoms with Gasteiger partial charge in [-0.1, -0.05) is 18.2 Å². The summed E-state index contributed by atoms with van der Waals surface area (Å²) in [5, 5.41) is 13.1. The molecule has 3 rings (SSSR count). The molecule has 0 radical (unpaired) electrons. The van der Waals surface area contributed by atoms with Crippen molar-refractivity contribution < 1.29 is 49.8 Å². The van der Waals surface area contributed by atoms with Crippen LogP contribution in [0, 0.1) is 0 Å². The van der Waals surface area contributed by atoms with Crippen LogP contribution in [0.5, 0.6) is 11.5 Å². The van der Waals surface area contributed by atoms with Crippen LogP contribution in [0.4, 0.5) is 52.2 Å². The lowest BCUT2D eigenvalue weighted by atomic mass is 10.1. The molecule has 0 unspecified atom stereocenters. The number of hydrogen-bond acceptors (Lipinski definition) is 5. The van der Waals surface area contributed by atoms with Gasteiger partial charge in [-0.25, -0.2) is 5.06 Å². The lowest BCUT2D eigenvalue weighted by Gasteiger charge is -2.28. The Balaban J connectivity index is 1.92. The minimum atomic E-state index is -5.90. The van der Waals surface area contributed by atoms with Gasteiger partial charge in [-0.3, -0.25) is 0 Å². The molecule has 13 heteroatoms. The van der Waals surface area contributed by atoms with E-state index in [0.717, 1.165) is 12.1 Å². The molecule has 3 aromatic rings. The Hall–Kier alpha value is -3.74. The van der Waals surface area contributed by atoms with Gasteiger partial charge in [0.1, 0.15) is 5.75 Å². The van der Waals surface area contributed by atoms with Crippen molar-refractivity contribution in [2.45, 2.75) is 24.4 Å². The summed E-state index contributed by atoms with van der Waals surface area (Å²) >= 11 is 0. The summed E-state index contributed by atoms with van der Waals surface area (Å²) in [7, 11) is 1.48. The van der Waals surface area contributed by atoms with Gasteiger partial charge in [0.05, 0.1) is 19.3 Å².